The molecule has 138 valence electrons. The van der Waals surface area contributed by atoms with Crippen molar-refractivity contribution in [3.63, 3.8) is 0 Å². The van der Waals surface area contributed by atoms with Gasteiger partial charge in [-0.1, -0.05) is 17.8 Å². The average Bonchev–Trinajstić information content (AvgIpc) is 3.09. The molecule has 0 spiro atoms. The molecule has 1 aliphatic carbocycles. The lowest BCUT2D eigenvalue weighted by atomic mass is 9.83. The molecule has 0 saturated carbocycles. The van der Waals surface area contributed by atoms with E-state index in [2.05, 4.69) is 15.3 Å². The number of amidine groups is 1. The number of hydroxylamine groups is 1. The van der Waals surface area contributed by atoms with E-state index in [1.807, 2.05) is 5.48 Å². The molecule has 1 aromatic heterocycles. The van der Waals surface area contributed by atoms with Crippen molar-refractivity contribution in [3.05, 3.63) is 40.8 Å². The van der Waals surface area contributed by atoms with Gasteiger partial charge in [0.2, 0.25) is 0 Å². The number of aromatic nitrogens is 2. The molecule has 1 unspecified atom stereocenters. The van der Waals surface area contributed by atoms with Gasteiger partial charge in [0.1, 0.15) is 11.6 Å². The van der Waals surface area contributed by atoms with Crippen molar-refractivity contribution in [2.45, 2.75) is 30.3 Å². The number of aliphatic imine (C=N–C) groups is 1. The first-order chi connectivity index (χ1) is 12.6. The van der Waals surface area contributed by atoms with Gasteiger partial charge in [-0.2, -0.15) is 0 Å². The fourth-order valence-electron chi connectivity index (χ4n) is 2.58. The standard InChI is InChI=1S/C16H17FN4O4S/c17-10-4-3-9-6-13(12(9)7-10)18-15(19-24)14-16(21-25-20-14)26-8-11(23)2-1-5-22/h3-4,7,13,22,24H,1-2,5-6,8H2,(H,18,19). The van der Waals surface area contributed by atoms with Gasteiger partial charge in [-0.25, -0.2) is 9.02 Å². The first kappa shape index (κ1) is 18.5. The maximum atomic E-state index is 13.4. The summed E-state index contributed by atoms with van der Waals surface area (Å²) >= 11 is 1.11. The quantitative estimate of drug-likeness (QED) is 0.274. The molecule has 26 heavy (non-hydrogen) atoms. The third-order valence-electron chi connectivity index (χ3n) is 3.94. The average molecular weight is 380 g/mol. The summed E-state index contributed by atoms with van der Waals surface area (Å²) in [4.78, 5) is 16.1. The van der Waals surface area contributed by atoms with Crippen molar-refractivity contribution in [1.29, 1.82) is 0 Å². The molecule has 2 aromatic rings. The van der Waals surface area contributed by atoms with Crippen LogP contribution in [0, 0.1) is 5.82 Å². The third kappa shape index (κ3) is 4.09. The summed E-state index contributed by atoms with van der Waals surface area (Å²) < 4.78 is 18.1. The van der Waals surface area contributed by atoms with Crippen LogP contribution < -0.4 is 5.48 Å². The van der Waals surface area contributed by atoms with Crippen molar-refractivity contribution >= 4 is 23.4 Å². The predicted octanol–water partition coefficient (Wildman–Crippen LogP) is 1.67. The number of carbonyl (C=O) groups excluding carboxylic acids is 1. The number of ketones is 1. The number of nitrogens with zero attached hydrogens (tertiary/aromatic N) is 3. The summed E-state index contributed by atoms with van der Waals surface area (Å²) in [7, 11) is 0. The van der Waals surface area contributed by atoms with E-state index in [4.69, 9.17) is 9.74 Å². The minimum Gasteiger partial charge on any atom is -0.396 e. The molecule has 1 aromatic carbocycles. The number of rotatable bonds is 8. The number of benzene rings is 1. The van der Waals surface area contributed by atoms with Crippen molar-refractivity contribution in [3.8, 4) is 0 Å². The molecule has 3 rings (SSSR count). The number of fused-ring (bicyclic) bond motifs is 1. The van der Waals surface area contributed by atoms with Crippen LogP contribution in [0.2, 0.25) is 0 Å². The molecule has 0 bridgehead atoms. The summed E-state index contributed by atoms with van der Waals surface area (Å²) in [5, 5.41) is 25.9. The Balaban J connectivity index is 1.71. The monoisotopic (exact) mass is 380 g/mol. The molecule has 0 amide bonds. The Hall–Kier alpha value is -2.30. The molecule has 1 heterocycles. The number of halogens is 1. The molecule has 0 saturated heterocycles. The largest absolute Gasteiger partial charge is 0.396 e. The van der Waals surface area contributed by atoms with E-state index in [1.165, 1.54) is 12.1 Å². The Kier molecular flexibility index (Phi) is 5.96. The van der Waals surface area contributed by atoms with Crippen LogP contribution in [0.1, 0.15) is 35.7 Å². The van der Waals surface area contributed by atoms with Crippen molar-refractivity contribution in [2.24, 2.45) is 4.99 Å². The molecule has 0 radical (unpaired) electrons. The second-order valence-electron chi connectivity index (χ2n) is 5.73. The van der Waals surface area contributed by atoms with Crippen molar-refractivity contribution in [1.82, 2.24) is 15.8 Å². The smallest absolute Gasteiger partial charge is 0.185 e. The van der Waals surface area contributed by atoms with Gasteiger partial charge in [-0.3, -0.25) is 20.5 Å². The van der Waals surface area contributed by atoms with Gasteiger partial charge in [-0.05, 0) is 46.4 Å². The summed E-state index contributed by atoms with van der Waals surface area (Å²) in [6, 6.07) is 4.21. The SMILES string of the molecule is O=C(CCCO)CSc1nonc1C(=NC1Cc2ccc(F)cc21)NO. The van der Waals surface area contributed by atoms with Crippen LogP contribution in [-0.4, -0.2) is 44.6 Å². The third-order valence-corrected chi connectivity index (χ3v) is 4.94. The van der Waals surface area contributed by atoms with Gasteiger partial charge in [0.15, 0.2) is 16.6 Å². The molecule has 8 nitrogen and oxygen atoms in total. The van der Waals surface area contributed by atoms with Crippen LogP contribution in [-0.2, 0) is 11.2 Å². The molecule has 0 aliphatic heterocycles. The molecular formula is C16H17FN4O4S. The van der Waals surface area contributed by atoms with Crippen LogP contribution in [0.4, 0.5) is 4.39 Å². The molecule has 1 atom stereocenters. The molecule has 0 fully saturated rings. The molecule has 1 aliphatic rings. The fourth-order valence-corrected chi connectivity index (χ4v) is 3.38. The molecule has 3 N–H and O–H groups in total. The zero-order valence-corrected chi connectivity index (χ0v) is 14.5. The first-order valence-electron chi connectivity index (χ1n) is 7.97. The van der Waals surface area contributed by atoms with Crippen LogP contribution >= 0.6 is 11.8 Å². The van der Waals surface area contributed by atoms with Crippen LogP contribution in [0.5, 0.6) is 0 Å². The Labute approximate surface area is 152 Å². The minimum absolute atomic E-state index is 0.0384. The Morgan fingerprint density at radius 3 is 3.08 bits per heavy atom. The number of nitrogens with one attached hydrogen (secondary N) is 1. The van der Waals surface area contributed by atoms with E-state index in [9.17, 15) is 14.4 Å². The van der Waals surface area contributed by atoms with E-state index >= 15 is 0 Å². The maximum Gasteiger partial charge on any atom is 0.185 e. The number of aliphatic hydroxyl groups excluding tert-OH is 1. The Morgan fingerprint density at radius 1 is 1.46 bits per heavy atom. The topological polar surface area (TPSA) is 121 Å². The number of thioether (sulfide) groups is 1. The normalized spacial score (nSPS) is 16.1. The number of hydrogen-bond acceptors (Lipinski definition) is 8. The van der Waals surface area contributed by atoms with Crippen LogP contribution in [0.25, 0.3) is 0 Å². The highest BCUT2D eigenvalue weighted by Gasteiger charge is 2.28. The first-order valence-corrected chi connectivity index (χ1v) is 8.95. The van der Waals surface area contributed by atoms with Gasteiger partial charge in [0, 0.05) is 13.0 Å². The highest BCUT2D eigenvalue weighted by Crippen LogP contribution is 2.37. The maximum absolute atomic E-state index is 13.4. The lowest BCUT2D eigenvalue weighted by Gasteiger charge is -2.27. The molecular weight excluding hydrogens is 363 g/mol. The van der Waals surface area contributed by atoms with Crippen molar-refractivity contribution in [2.75, 3.05) is 12.4 Å². The van der Waals surface area contributed by atoms with Crippen molar-refractivity contribution < 1.29 is 24.1 Å². The summed E-state index contributed by atoms with van der Waals surface area (Å²) in [6.07, 6.45) is 1.30. The van der Waals surface area contributed by atoms with E-state index in [-0.39, 0.29) is 48.0 Å². The van der Waals surface area contributed by atoms with Crippen LogP contribution in [0.15, 0.2) is 32.8 Å². The Bertz CT molecular complexity index is 826. The van der Waals surface area contributed by atoms with Gasteiger partial charge in [0.25, 0.3) is 0 Å². The number of Topliss-reactive ketones (excluding diaryl/α,β-unsaturated/α-hetero) is 1. The van der Waals surface area contributed by atoms with Gasteiger partial charge in [0.05, 0.1) is 11.8 Å². The summed E-state index contributed by atoms with van der Waals surface area (Å²) in [6.45, 7) is -0.0398. The van der Waals surface area contributed by atoms with Gasteiger partial charge >= 0.3 is 0 Å². The van der Waals surface area contributed by atoms with E-state index in [0.717, 1.165) is 22.9 Å². The fraction of sp³-hybridized carbons (Fsp3) is 0.375. The summed E-state index contributed by atoms with van der Waals surface area (Å²) in [5.41, 5.74) is 3.90. The second-order valence-corrected chi connectivity index (χ2v) is 6.69. The Morgan fingerprint density at radius 2 is 2.31 bits per heavy atom. The summed E-state index contributed by atoms with van der Waals surface area (Å²) in [5.74, 6) is -0.214. The van der Waals surface area contributed by atoms with Gasteiger partial charge in [-0.15, -0.1) is 0 Å². The van der Waals surface area contributed by atoms with E-state index in [0.29, 0.717) is 17.9 Å². The predicted molar refractivity (Wildman–Crippen MR) is 90.7 cm³/mol. The number of aliphatic hydroxyl groups is 1. The zero-order chi connectivity index (χ0) is 18.5. The zero-order valence-electron chi connectivity index (χ0n) is 13.7. The van der Waals surface area contributed by atoms with Crippen LogP contribution in [0.3, 0.4) is 0 Å². The highest BCUT2D eigenvalue weighted by atomic mass is 32.2. The number of carbonyl (C=O) groups is 1. The lowest BCUT2D eigenvalue weighted by molar-refractivity contribution is -0.116. The van der Waals surface area contributed by atoms with E-state index < -0.39 is 0 Å². The van der Waals surface area contributed by atoms with E-state index in [1.54, 1.807) is 6.07 Å². The van der Waals surface area contributed by atoms with Gasteiger partial charge < -0.3 is 5.11 Å². The number of hydrogen-bond donors (Lipinski definition) is 3. The molecule has 10 heteroatoms. The minimum atomic E-state index is -0.345. The second kappa shape index (κ2) is 8.39. The highest BCUT2D eigenvalue weighted by molar-refractivity contribution is 8.00. The lowest BCUT2D eigenvalue weighted by Crippen LogP contribution is -2.25.